The molecule has 1 fully saturated rings. The zero-order valence-corrected chi connectivity index (χ0v) is 23.4. The van der Waals surface area contributed by atoms with Crippen LogP contribution in [-0.4, -0.2) is 39.0 Å². The Kier molecular flexibility index (Phi) is 8.38. The second-order valence-corrected chi connectivity index (χ2v) is 10.9. The monoisotopic (exact) mass is 553 g/mol. The lowest BCUT2D eigenvalue weighted by molar-refractivity contribution is -0.180. The molecule has 2 amide bonds. The summed E-state index contributed by atoms with van der Waals surface area (Å²) in [5.41, 5.74) is 5.11. The number of aliphatic carboxylic acids is 1. The van der Waals surface area contributed by atoms with Crippen LogP contribution < -0.4 is 10.2 Å². The maximum atomic E-state index is 13.6. The third kappa shape index (κ3) is 6.60. The summed E-state index contributed by atoms with van der Waals surface area (Å²) in [4.78, 5) is 48.6. The summed E-state index contributed by atoms with van der Waals surface area (Å²) in [5, 5.41) is 15.2. The summed E-state index contributed by atoms with van der Waals surface area (Å²) in [6.07, 6.45) is 5.17. The van der Waals surface area contributed by atoms with E-state index < -0.39 is 12.0 Å². The minimum Gasteiger partial charge on any atom is -0.480 e. The van der Waals surface area contributed by atoms with Crippen LogP contribution >= 0.6 is 0 Å². The van der Waals surface area contributed by atoms with E-state index in [0.717, 1.165) is 51.2 Å². The second-order valence-electron chi connectivity index (χ2n) is 10.9. The Morgan fingerprint density at radius 1 is 0.976 bits per heavy atom. The zero-order chi connectivity index (χ0) is 28.9. The van der Waals surface area contributed by atoms with E-state index in [1.54, 1.807) is 30.5 Å². The number of fused-ring (bicyclic) bond motifs is 1. The number of carboxylic acid groups (broad SMARTS) is 1. The Labute approximate surface area is 239 Å². The molecular weight excluding hydrogens is 518 g/mol. The number of rotatable bonds is 10. The molecular formula is C33H35N3O5. The molecule has 1 aliphatic carbocycles. The number of carbonyl (C=O) groups excluding carboxylic acids is 2. The van der Waals surface area contributed by atoms with E-state index in [4.69, 9.17) is 4.84 Å². The molecule has 3 aromatic carbocycles. The number of anilines is 1. The number of aromatic amines is 1. The average Bonchev–Trinajstić information content (AvgIpc) is 3.61. The van der Waals surface area contributed by atoms with Gasteiger partial charge in [0.1, 0.15) is 0 Å². The summed E-state index contributed by atoms with van der Waals surface area (Å²) >= 11 is 0. The van der Waals surface area contributed by atoms with Gasteiger partial charge >= 0.3 is 5.97 Å². The molecule has 0 spiro atoms. The normalized spacial score (nSPS) is 14.1. The smallest absolute Gasteiger partial charge is 0.330 e. The number of aryl methyl sites for hydroxylation is 2. The maximum Gasteiger partial charge on any atom is 0.330 e. The van der Waals surface area contributed by atoms with E-state index in [1.165, 1.54) is 0 Å². The minimum atomic E-state index is -1.26. The molecule has 0 aliphatic heterocycles. The highest BCUT2D eigenvalue weighted by Gasteiger charge is 2.37. The van der Waals surface area contributed by atoms with Crippen LogP contribution in [0.3, 0.4) is 0 Å². The number of para-hydroxylation sites is 1. The number of carboxylic acids is 1. The van der Waals surface area contributed by atoms with Crippen molar-refractivity contribution < 1.29 is 24.3 Å². The summed E-state index contributed by atoms with van der Waals surface area (Å²) in [6, 6.07) is 19.0. The van der Waals surface area contributed by atoms with Gasteiger partial charge in [-0.2, -0.15) is 5.06 Å². The lowest BCUT2D eigenvalue weighted by Gasteiger charge is -2.30. The van der Waals surface area contributed by atoms with Gasteiger partial charge in [0.2, 0.25) is 5.91 Å². The number of hydrogen-bond donors (Lipinski definition) is 3. The van der Waals surface area contributed by atoms with E-state index >= 15 is 0 Å². The topological polar surface area (TPSA) is 112 Å². The van der Waals surface area contributed by atoms with E-state index in [1.807, 2.05) is 56.3 Å². The zero-order valence-electron chi connectivity index (χ0n) is 23.4. The Bertz CT molecular complexity index is 1540. The second kappa shape index (κ2) is 12.3. The van der Waals surface area contributed by atoms with Gasteiger partial charge in [0.05, 0.1) is 6.42 Å². The first-order valence-electron chi connectivity index (χ1n) is 14.0. The molecule has 212 valence electrons. The lowest BCUT2D eigenvalue weighted by atomic mass is 9.98. The average molecular weight is 554 g/mol. The molecule has 3 N–H and O–H groups in total. The van der Waals surface area contributed by atoms with Gasteiger partial charge in [-0.05, 0) is 79.3 Å². The number of nitrogens with one attached hydrogen (secondary N) is 2. The largest absolute Gasteiger partial charge is 0.480 e. The summed E-state index contributed by atoms with van der Waals surface area (Å²) in [6.45, 7) is 3.97. The van der Waals surface area contributed by atoms with Crippen LogP contribution in [0, 0.1) is 19.8 Å². The standard InChI is InChI=1S/C33H35N3O5/c1-21-15-22(2)17-26(16-21)35-30(37)19-24-11-8-14-28-31(24)25(20-34-28)18-29(33(39)40)36(32(38)23-9-6-7-10-23)41-27-12-4-3-5-13-27/h3-5,8,11-17,20,23,29,34H,6-7,9-10,18-19H2,1-2H3,(H,35,37)(H,39,40)/t29-/m0/s1. The fraction of sp³-hybridized carbons (Fsp3) is 0.303. The molecule has 0 unspecified atom stereocenters. The van der Waals surface area contributed by atoms with Gasteiger partial charge in [0.15, 0.2) is 11.8 Å². The molecule has 1 saturated carbocycles. The van der Waals surface area contributed by atoms with Crippen molar-refractivity contribution in [2.45, 2.75) is 58.4 Å². The molecule has 41 heavy (non-hydrogen) atoms. The van der Waals surface area contributed by atoms with Crippen molar-refractivity contribution in [3.63, 3.8) is 0 Å². The van der Waals surface area contributed by atoms with Crippen molar-refractivity contribution in [3.8, 4) is 5.75 Å². The number of amides is 2. The molecule has 1 heterocycles. The molecule has 8 heteroatoms. The molecule has 0 saturated heterocycles. The highest BCUT2D eigenvalue weighted by atomic mass is 16.7. The molecule has 4 aromatic rings. The van der Waals surface area contributed by atoms with Gasteiger partial charge in [0, 0.05) is 35.1 Å². The molecule has 0 radical (unpaired) electrons. The summed E-state index contributed by atoms with van der Waals surface area (Å²) in [7, 11) is 0. The van der Waals surface area contributed by atoms with Gasteiger partial charge in [-0.15, -0.1) is 0 Å². The molecule has 1 atom stereocenters. The highest BCUT2D eigenvalue weighted by molar-refractivity contribution is 5.97. The third-order valence-corrected chi connectivity index (χ3v) is 7.58. The van der Waals surface area contributed by atoms with Crippen molar-refractivity contribution in [2.24, 2.45) is 5.92 Å². The van der Waals surface area contributed by atoms with Crippen molar-refractivity contribution in [3.05, 3.63) is 95.2 Å². The van der Waals surface area contributed by atoms with Crippen LogP contribution in [0.25, 0.3) is 10.9 Å². The van der Waals surface area contributed by atoms with Crippen molar-refractivity contribution in [2.75, 3.05) is 5.32 Å². The fourth-order valence-electron chi connectivity index (χ4n) is 5.76. The molecule has 1 aromatic heterocycles. The van der Waals surface area contributed by atoms with Crippen LogP contribution in [0.15, 0.2) is 72.9 Å². The van der Waals surface area contributed by atoms with Crippen molar-refractivity contribution in [1.29, 1.82) is 0 Å². The maximum absolute atomic E-state index is 13.6. The Hall–Kier alpha value is -4.59. The molecule has 5 rings (SSSR count). The first-order chi connectivity index (χ1) is 19.8. The van der Waals surface area contributed by atoms with E-state index in [9.17, 15) is 19.5 Å². The van der Waals surface area contributed by atoms with Crippen molar-refractivity contribution >= 4 is 34.4 Å². The van der Waals surface area contributed by atoms with Crippen LogP contribution in [0.4, 0.5) is 5.69 Å². The Balaban J connectivity index is 1.43. The lowest BCUT2D eigenvalue weighted by Crippen LogP contribution is -2.50. The van der Waals surface area contributed by atoms with Gasteiger partial charge in [0.25, 0.3) is 5.91 Å². The first-order valence-corrected chi connectivity index (χ1v) is 14.0. The van der Waals surface area contributed by atoms with E-state index in [0.29, 0.717) is 24.2 Å². The Morgan fingerprint density at radius 3 is 2.37 bits per heavy atom. The number of hydrogen-bond acceptors (Lipinski definition) is 4. The Morgan fingerprint density at radius 2 is 1.68 bits per heavy atom. The first kappa shape index (κ1) is 28.0. The highest BCUT2D eigenvalue weighted by Crippen LogP contribution is 2.30. The van der Waals surface area contributed by atoms with Gasteiger partial charge in [-0.3, -0.25) is 9.59 Å². The van der Waals surface area contributed by atoms with E-state index in [-0.39, 0.29) is 30.6 Å². The van der Waals surface area contributed by atoms with Crippen LogP contribution in [-0.2, 0) is 27.2 Å². The number of hydroxylamine groups is 2. The fourth-order valence-corrected chi connectivity index (χ4v) is 5.76. The predicted octanol–water partition coefficient (Wildman–Crippen LogP) is 5.97. The van der Waals surface area contributed by atoms with Gasteiger partial charge in [-0.25, -0.2) is 4.79 Å². The number of H-pyrrole nitrogens is 1. The number of aromatic nitrogens is 1. The van der Waals surface area contributed by atoms with Crippen LogP contribution in [0.1, 0.15) is 47.9 Å². The predicted molar refractivity (Wildman–Crippen MR) is 158 cm³/mol. The quantitative estimate of drug-likeness (QED) is 0.209. The van der Waals surface area contributed by atoms with Gasteiger partial charge < -0.3 is 20.2 Å². The molecule has 8 nitrogen and oxygen atoms in total. The number of carbonyl (C=O) groups is 3. The number of nitrogens with zero attached hydrogens (tertiary/aromatic N) is 1. The molecule has 1 aliphatic rings. The third-order valence-electron chi connectivity index (χ3n) is 7.58. The summed E-state index contributed by atoms with van der Waals surface area (Å²) < 4.78 is 0. The molecule has 0 bridgehead atoms. The van der Waals surface area contributed by atoms with Crippen molar-refractivity contribution in [1.82, 2.24) is 10.0 Å². The van der Waals surface area contributed by atoms with E-state index in [2.05, 4.69) is 10.3 Å². The summed E-state index contributed by atoms with van der Waals surface area (Å²) in [5.74, 6) is -1.52. The van der Waals surface area contributed by atoms with Crippen LogP contribution in [0.2, 0.25) is 0 Å². The van der Waals surface area contributed by atoms with Crippen LogP contribution in [0.5, 0.6) is 5.75 Å². The minimum absolute atomic E-state index is 0.0103. The SMILES string of the molecule is Cc1cc(C)cc(NC(=O)Cc2cccc3[nH]cc(C[C@@H](C(=O)O)N(Oc4ccccc4)C(=O)C4CCCC4)c23)c1. The number of benzene rings is 3. The van der Waals surface area contributed by atoms with Gasteiger partial charge in [-0.1, -0.05) is 49.2 Å².